The fourth-order valence-electron chi connectivity index (χ4n) is 1.98. The van der Waals surface area contributed by atoms with Crippen molar-refractivity contribution in [2.75, 3.05) is 11.9 Å². The number of carbonyl (C=O) groups is 1. The molecular weight excluding hydrogens is 530 g/mol. The zero-order valence-electron chi connectivity index (χ0n) is 13.9. The van der Waals surface area contributed by atoms with E-state index in [2.05, 4.69) is 70.2 Å². The van der Waals surface area contributed by atoms with Crippen molar-refractivity contribution in [3.63, 3.8) is 0 Å². The molecule has 2 aromatic carbocycles. The van der Waals surface area contributed by atoms with Gasteiger partial charge in [0.1, 0.15) is 12.4 Å². The topological polar surface area (TPSA) is 62.7 Å². The Bertz CT molecular complexity index is 831. The zero-order valence-corrected chi connectivity index (χ0v) is 18.6. The molecule has 2 N–H and O–H groups in total. The summed E-state index contributed by atoms with van der Waals surface area (Å²) in [5.41, 5.74) is 4.94. The lowest BCUT2D eigenvalue weighted by Gasteiger charge is -2.09. The summed E-state index contributed by atoms with van der Waals surface area (Å²) in [7, 11) is 0. The Kier molecular flexibility index (Phi) is 7.86. The molecule has 8 heteroatoms. The molecule has 2 amide bonds. The van der Waals surface area contributed by atoms with E-state index in [0.29, 0.717) is 18.0 Å². The van der Waals surface area contributed by atoms with Gasteiger partial charge in [0, 0.05) is 10.2 Å². The lowest BCUT2D eigenvalue weighted by atomic mass is 10.2. The highest BCUT2D eigenvalue weighted by Crippen LogP contribution is 2.34. The van der Waals surface area contributed by atoms with E-state index in [1.54, 1.807) is 18.4 Å². The summed E-state index contributed by atoms with van der Waals surface area (Å²) >= 11 is 10.3. The molecular formula is C18H16Br3N3O2. The first-order valence-corrected chi connectivity index (χ1v) is 9.87. The van der Waals surface area contributed by atoms with Gasteiger partial charge in [0.25, 0.3) is 0 Å². The van der Waals surface area contributed by atoms with Crippen molar-refractivity contribution in [3.05, 3.63) is 67.5 Å². The number of carbonyl (C=O) groups excluding carboxylic acids is 1. The van der Waals surface area contributed by atoms with Gasteiger partial charge in [0.2, 0.25) is 0 Å². The van der Waals surface area contributed by atoms with Crippen LogP contribution in [0.2, 0.25) is 0 Å². The van der Waals surface area contributed by atoms with Crippen LogP contribution in [0.15, 0.2) is 61.5 Å². The van der Waals surface area contributed by atoms with Crippen LogP contribution in [0.3, 0.4) is 0 Å². The van der Waals surface area contributed by atoms with Crippen molar-refractivity contribution in [1.29, 1.82) is 0 Å². The number of aryl methyl sites for hydroxylation is 1. The molecule has 0 aliphatic heterocycles. The van der Waals surface area contributed by atoms with Gasteiger partial charge in [0.05, 0.1) is 15.2 Å². The number of rotatable bonds is 6. The second-order valence-corrected chi connectivity index (χ2v) is 7.76. The predicted octanol–water partition coefficient (Wildman–Crippen LogP) is 6.00. The Morgan fingerprint density at radius 1 is 1.19 bits per heavy atom. The van der Waals surface area contributed by atoms with Crippen LogP contribution in [0.5, 0.6) is 5.75 Å². The summed E-state index contributed by atoms with van der Waals surface area (Å²) in [6.45, 7) is 5.98. The standard InChI is InChI=1S/C18H16Br3N3O2/c1-3-6-26-17-15(20)8-12(9-16(17)21)10-22-24-18(25)23-13-4-5-14(19)11(2)7-13/h3-5,7-10H,1,6H2,2H3,(H2,23,24,25)/b22-10-. The first-order chi connectivity index (χ1) is 12.4. The smallest absolute Gasteiger partial charge is 0.339 e. The molecule has 0 atom stereocenters. The fourth-order valence-corrected chi connectivity index (χ4v) is 3.68. The third kappa shape index (κ3) is 5.96. The van der Waals surface area contributed by atoms with Gasteiger partial charge in [-0.15, -0.1) is 0 Å². The van der Waals surface area contributed by atoms with Crippen LogP contribution in [0, 0.1) is 6.92 Å². The number of nitrogens with zero attached hydrogens (tertiary/aromatic N) is 1. The van der Waals surface area contributed by atoms with Gasteiger partial charge in [-0.1, -0.05) is 28.6 Å². The number of nitrogens with one attached hydrogen (secondary N) is 2. The summed E-state index contributed by atoms with van der Waals surface area (Å²) in [6, 6.07) is 8.79. The fraction of sp³-hybridized carbons (Fsp3) is 0.111. The quantitative estimate of drug-likeness (QED) is 0.265. The van der Waals surface area contributed by atoms with E-state index in [1.807, 2.05) is 31.2 Å². The summed E-state index contributed by atoms with van der Waals surface area (Å²) in [5.74, 6) is 0.679. The molecule has 0 aliphatic rings. The second kappa shape index (κ2) is 9.89. The number of hydrogen-bond acceptors (Lipinski definition) is 3. The Labute approximate surface area is 177 Å². The van der Waals surface area contributed by atoms with Gasteiger partial charge in [-0.25, -0.2) is 10.2 Å². The third-order valence-corrected chi connectivity index (χ3v) is 5.23. The highest BCUT2D eigenvalue weighted by atomic mass is 79.9. The second-order valence-electron chi connectivity index (χ2n) is 5.20. The summed E-state index contributed by atoms with van der Waals surface area (Å²) in [5, 5.41) is 6.68. The van der Waals surface area contributed by atoms with Gasteiger partial charge >= 0.3 is 6.03 Å². The Balaban J connectivity index is 1.98. The van der Waals surface area contributed by atoms with Gasteiger partial charge < -0.3 is 10.1 Å². The highest BCUT2D eigenvalue weighted by Gasteiger charge is 2.08. The van der Waals surface area contributed by atoms with Crippen molar-refractivity contribution in [1.82, 2.24) is 5.43 Å². The van der Waals surface area contributed by atoms with Crippen LogP contribution in [-0.2, 0) is 0 Å². The first-order valence-electron chi connectivity index (χ1n) is 7.49. The van der Waals surface area contributed by atoms with E-state index in [1.165, 1.54) is 0 Å². The number of halogens is 3. The molecule has 0 aromatic heterocycles. The van der Waals surface area contributed by atoms with Crippen LogP contribution < -0.4 is 15.5 Å². The van der Waals surface area contributed by atoms with E-state index >= 15 is 0 Å². The number of ether oxygens (including phenoxy) is 1. The van der Waals surface area contributed by atoms with Crippen molar-refractivity contribution < 1.29 is 9.53 Å². The molecule has 0 saturated heterocycles. The summed E-state index contributed by atoms with van der Waals surface area (Å²) < 4.78 is 8.08. The van der Waals surface area contributed by atoms with Crippen LogP contribution >= 0.6 is 47.8 Å². The molecule has 26 heavy (non-hydrogen) atoms. The number of hydrazone groups is 1. The SMILES string of the molecule is C=CCOc1c(Br)cc(/C=N\NC(=O)Nc2ccc(Br)c(C)c2)cc1Br. The van der Waals surface area contributed by atoms with E-state index in [9.17, 15) is 4.79 Å². The van der Waals surface area contributed by atoms with E-state index < -0.39 is 6.03 Å². The molecule has 2 aromatic rings. The Morgan fingerprint density at radius 3 is 2.50 bits per heavy atom. The molecule has 0 heterocycles. The molecule has 0 unspecified atom stereocenters. The van der Waals surface area contributed by atoms with Crippen LogP contribution in [0.25, 0.3) is 0 Å². The maximum Gasteiger partial charge on any atom is 0.339 e. The Morgan fingerprint density at radius 2 is 1.88 bits per heavy atom. The molecule has 0 saturated carbocycles. The third-order valence-electron chi connectivity index (χ3n) is 3.16. The molecule has 136 valence electrons. The maximum atomic E-state index is 11.9. The van der Waals surface area contributed by atoms with Crippen molar-refractivity contribution in [2.45, 2.75) is 6.92 Å². The Hall–Kier alpha value is -1.64. The van der Waals surface area contributed by atoms with Crippen molar-refractivity contribution in [2.24, 2.45) is 5.10 Å². The summed E-state index contributed by atoms with van der Waals surface area (Å²) in [4.78, 5) is 11.9. The molecule has 0 bridgehead atoms. The number of hydrogen-bond donors (Lipinski definition) is 2. The molecule has 0 spiro atoms. The van der Waals surface area contributed by atoms with E-state index in [0.717, 1.165) is 24.5 Å². The minimum atomic E-state index is -0.424. The van der Waals surface area contributed by atoms with Crippen molar-refractivity contribution >= 4 is 65.7 Å². The molecule has 5 nitrogen and oxygen atoms in total. The van der Waals surface area contributed by atoms with Gasteiger partial charge in [-0.3, -0.25) is 0 Å². The van der Waals surface area contributed by atoms with Crippen LogP contribution in [0.1, 0.15) is 11.1 Å². The average molecular weight is 546 g/mol. The van der Waals surface area contributed by atoms with E-state index in [4.69, 9.17) is 4.74 Å². The largest absolute Gasteiger partial charge is 0.487 e. The number of urea groups is 1. The number of benzene rings is 2. The lowest BCUT2D eigenvalue weighted by molar-refractivity contribution is 0.252. The first kappa shape index (κ1) is 20.7. The normalized spacial score (nSPS) is 10.6. The average Bonchev–Trinajstić information content (AvgIpc) is 2.57. The van der Waals surface area contributed by atoms with E-state index in [-0.39, 0.29) is 0 Å². The zero-order chi connectivity index (χ0) is 19.1. The lowest BCUT2D eigenvalue weighted by Crippen LogP contribution is -2.24. The molecule has 0 radical (unpaired) electrons. The van der Waals surface area contributed by atoms with Crippen LogP contribution in [-0.4, -0.2) is 18.9 Å². The van der Waals surface area contributed by atoms with Crippen LogP contribution in [0.4, 0.5) is 10.5 Å². The van der Waals surface area contributed by atoms with Gasteiger partial charge in [-0.2, -0.15) is 5.10 Å². The molecule has 2 rings (SSSR count). The van der Waals surface area contributed by atoms with Gasteiger partial charge in [-0.05, 0) is 80.2 Å². The minimum absolute atomic E-state index is 0.405. The highest BCUT2D eigenvalue weighted by molar-refractivity contribution is 9.11. The van der Waals surface area contributed by atoms with Crippen molar-refractivity contribution in [3.8, 4) is 5.75 Å². The van der Waals surface area contributed by atoms with Gasteiger partial charge in [0.15, 0.2) is 0 Å². The minimum Gasteiger partial charge on any atom is -0.487 e. The molecule has 0 fully saturated rings. The molecule has 0 aliphatic carbocycles. The predicted molar refractivity (Wildman–Crippen MR) is 116 cm³/mol. The maximum absolute atomic E-state index is 11.9. The number of anilines is 1. The summed E-state index contributed by atoms with van der Waals surface area (Å²) in [6.07, 6.45) is 3.21. The monoisotopic (exact) mass is 543 g/mol. The number of amides is 2.